The van der Waals surface area contributed by atoms with Gasteiger partial charge in [-0.25, -0.2) is 0 Å². The van der Waals surface area contributed by atoms with E-state index in [2.05, 4.69) is 12.2 Å². The van der Waals surface area contributed by atoms with Crippen molar-refractivity contribution in [1.82, 2.24) is 0 Å². The molecule has 1 aliphatic heterocycles. The second kappa shape index (κ2) is 7.05. The average Bonchev–Trinajstić information content (AvgIpc) is 2.96. The SMILES string of the molecule is CCCCN1C(=O)c2cccc3c(NC(=O)c4ccc(Cl)cc4)ccc1c23. The fraction of sp³-hybridized carbons (Fsp3) is 0.182. The maximum absolute atomic E-state index is 12.8. The van der Waals surface area contributed by atoms with Gasteiger partial charge in [0.05, 0.1) is 5.69 Å². The Labute approximate surface area is 162 Å². The highest BCUT2D eigenvalue weighted by Gasteiger charge is 2.30. The lowest BCUT2D eigenvalue weighted by Crippen LogP contribution is -2.27. The first-order valence-corrected chi connectivity index (χ1v) is 9.42. The van der Waals surface area contributed by atoms with Crippen LogP contribution in [0.1, 0.15) is 40.5 Å². The maximum Gasteiger partial charge on any atom is 0.258 e. The lowest BCUT2D eigenvalue weighted by atomic mass is 10.0. The number of benzene rings is 3. The van der Waals surface area contributed by atoms with Crippen LogP contribution in [0.3, 0.4) is 0 Å². The van der Waals surface area contributed by atoms with Gasteiger partial charge in [0.25, 0.3) is 11.8 Å². The molecule has 0 atom stereocenters. The number of nitrogens with zero attached hydrogens (tertiary/aromatic N) is 1. The number of unbranched alkanes of at least 4 members (excludes halogenated alkanes) is 1. The van der Waals surface area contributed by atoms with Crippen molar-refractivity contribution in [2.45, 2.75) is 19.8 Å². The molecule has 4 rings (SSSR count). The van der Waals surface area contributed by atoms with Gasteiger partial charge in [0, 0.05) is 39.2 Å². The summed E-state index contributed by atoms with van der Waals surface area (Å²) in [7, 11) is 0. The van der Waals surface area contributed by atoms with Gasteiger partial charge in [0.1, 0.15) is 0 Å². The van der Waals surface area contributed by atoms with Gasteiger partial charge >= 0.3 is 0 Å². The van der Waals surface area contributed by atoms with Crippen LogP contribution in [-0.2, 0) is 0 Å². The molecule has 27 heavy (non-hydrogen) atoms. The molecule has 2 amide bonds. The predicted octanol–water partition coefficient (Wildman–Crippen LogP) is 5.51. The van der Waals surface area contributed by atoms with Gasteiger partial charge in [0.2, 0.25) is 0 Å². The molecule has 0 spiro atoms. The molecule has 0 unspecified atom stereocenters. The molecule has 0 aromatic heterocycles. The minimum atomic E-state index is -0.209. The van der Waals surface area contributed by atoms with Crippen molar-refractivity contribution in [3.63, 3.8) is 0 Å². The summed E-state index contributed by atoms with van der Waals surface area (Å²) in [5, 5.41) is 5.33. The molecule has 3 aromatic rings. The van der Waals surface area contributed by atoms with Crippen molar-refractivity contribution in [2.75, 3.05) is 16.8 Å². The van der Waals surface area contributed by atoms with E-state index in [1.54, 1.807) is 24.3 Å². The Morgan fingerprint density at radius 3 is 2.59 bits per heavy atom. The Bertz CT molecular complexity index is 1040. The van der Waals surface area contributed by atoms with Gasteiger partial charge < -0.3 is 10.2 Å². The molecule has 136 valence electrons. The van der Waals surface area contributed by atoms with Crippen LogP contribution < -0.4 is 10.2 Å². The zero-order valence-corrected chi connectivity index (χ0v) is 15.7. The van der Waals surface area contributed by atoms with E-state index in [0.29, 0.717) is 28.4 Å². The molecule has 0 fully saturated rings. The van der Waals surface area contributed by atoms with Crippen LogP contribution in [0.2, 0.25) is 5.02 Å². The van der Waals surface area contributed by atoms with E-state index in [-0.39, 0.29) is 11.8 Å². The molecule has 0 saturated heterocycles. The van der Waals surface area contributed by atoms with Gasteiger partial charge in [-0.1, -0.05) is 37.1 Å². The van der Waals surface area contributed by atoms with E-state index in [9.17, 15) is 9.59 Å². The monoisotopic (exact) mass is 378 g/mol. The van der Waals surface area contributed by atoms with Crippen LogP contribution in [0, 0.1) is 0 Å². The van der Waals surface area contributed by atoms with E-state index in [1.165, 1.54) is 0 Å². The maximum atomic E-state index is 12.8. The summed E-state index contributed by atoms with van der Waals surface area (Å²) in [5.74, 6) is -0.176. The first kappa shape index (κ1) is 17.6. The van der Waals surface area contributed by atoms with Crippen LogP contribution in [0.15, 0.2) is 54.6 Å². The molecular formula is C22H19ClN2O2. The van der Waals surface area contributed by atoms with Gasteiger partial charge in [-0.3, -0.25) is 9.59 Å². The minimum Gasteiger partial charge on any atom is -0.321 e. The van der Waals surface area contributed by atoms with Gasteiger partial charge in [-0.2, -0.15) is 0 Å². The fourth-order valence-corrected chi connectivity index (χ4v) is 3.62. The largest absolute Gasteiger partial charge is 0.321 e. The summed E-state index contributed by atoms with van der Waals surface area (Å²) in [6.45, 7) is 2.81. The van der Waals surface area contributed by atoms with Crippen molar-refractivity contribution in [3.05, 3.63) is 70.7 Å². The first-order valence-electron chi connectivity index (χ1n) is 9.04. The molecule has 0 radical (unpaired) electrons. The molecule has 1 heterocycles. The highest BCUT2D eigenvalue weighted by Crippen LogP contribution is 2.40. The third kappa shape index (κ3) is 3.06. The van der Waals surface area contributed by atoms with E-state index in [1.807, 2.05) is 35.2 Å². The number of rotatable bonds is 5. The van der Waals surface area contributed by atoms with E-state index in [4.69, 9.17) is 11.6 Å². The second-order valence-corrected chi connectivity index (χ2v) is 7.07. The molecule has 4 nitrogen and oxygen atoms in total. The normalized spacial score (nSPS) is 12.7. The third-order valence-electron chi connectivity index (χ3n) is 4.87. The first-order chi connectivity index (χ1) is 13.1. The molecule has 0 saturated carbocycles. The predicted molar refractivity (Wildman–Crippen MR) is 110 cm³/mol. The number of hydrogen-bond acceptors (Lipinski definition) is 2. The van der Waals surface area contributed by atoms with Crippen LogP contribution in [0.25, 0.3) is 10.8 Å². The average molecular weight is 379 g/mol. The molecular weight excluding hydrogens is 360 g/mol. The van der Waals surface area contributed by atoms with Gasteiger partial charge in [-0.15, -0.1) is 0 Å². The standard InChI is InChI=1S/C22H19ClN2O2/c1-2-3-13-25-19-12-11-18(16-5-4-6-17(20(16)19)22(25)27)24-21(26)14-7-9-15(23)10-8-14/h4-12H,2-3,13H2,1H3,(H,24,26). The fourth-order valence-electron chi connectivity index (χ4n) is 3.49. The molecule has 1 N–H and O–H groups in total. The van der Waals surface area contributed by atoms with E-state index < -0.39 is 0 Å². The smallest absolute Gasteiger partial charge is 0.258 e. The number of amides is 2. The highest BCUT2D eigenvalue weighted by molar-refractivity contribution is 6.30. The minimum absolute atomic E-state index is 0.0326. The van der Waals surface area contributed by atoms with Crippen LogP contribution in [0.5, 0.6) is 0 Å². The molecule has 1 aliphatic rings. The van der Waals surface area contributed by atoms with E-state index in [0.717, 1.165) is 29.3 Å². The summed E-state index contributed by atoms with van der Waals surface area (Å²) in [6, 6.07) is 16.2. The Hall–Kier alpha value is -2.85. The Morgan fingerprint density at radius 2 is 1.85 bits per heavy atom. The summed E-state index contributed by atoms with van der Waals surface area (Å²) in [4.78, 5) is 27.2. The Morgan fingerprint density at radius 1 is 1.07 bits per heavy atom. The summed E-state index contributed by atoms with van der Waals surface area (Å²) in [6.07, 6.45) is 1.98. The van der Waals surface area contributed by atoms with Crippen LogP contribution >= 0.6 is 11.6 Å². The van der Waals surface area contributed by atoms with Crippen molar-refractivity contribution >= 4 is 45.6 Å². The number of anilines is 2. The number of carbonyl (C=O) groups is 2. The molecule has 0 bridgehead atoms. The van der Waals surface area contributed by atoms with Crippen molar-refractivity contribution in [3.8, 4) is 0 Å². The molecule has 5 heteroatoms. The van der Waals surface area contributed by atoms with Crippen LogP contribution in [-0.4, -0.2) is 18.4 Å². The lowest BCUT2D eigenvalue weighted by molar-refractivity contribution is 0.0991. The second-order valence-electron chi connectivity index (χ2n) is 6.63. The quantitative estimate of drug-likeness (QED) is 0.636. The van der Waals surface area contributed by atoms with Crippen molar-refractivity contribution < 1.29 is 9.59 Å². The summed E-state index contributed by atoms with van der Waals surface area (Å²) in [5.41, 5.74) is 2.84. The number of halogens is 1. The number of nitrogens with one attached hydrogen (secondary N) is 1. The lowest BCUT2D eigenvalue weighted by Gasteiger charge is -2.17. The van der Waals surface area contributed by atoms with Crippen molar-refractivity contribution in [1.29, 1.82) is 0 Å². The Kier molecular flexibility index (Phi) is 4.58. The Balaban J connectivity index is 1.72. The van der Waals surface area contributed by atoms with Gasteiger partial charge in [0.15, 0.2) is 0 Å². The third-order valence-corrected chi connectivity index (χ3v) is 5.13. The van der Waals surface area contributed by atoms with E-state index >= 15 is 0 Å². The van der Waals surface area contributed by atoms with Crippen LogP contribution in [0.4, 0.5) is 11.4 Å². The summed E-state index contributed by atoms with van der Waals surface area (Å²) >= 11 is 5.89. The van der Waals surface area contributed by atoms with Gasteiger partial charge in [-0.05, 0) is 48.9 Å². The number of hydrogen-bond donors (Lipinski definition) is 1. The highest BCUT2D eigenvalue weighted by atomic mass is 35.5. The summed E-state index contributed by atoms with van der Waals surface area (Å²) < 4.78 is 0. The van der Waals surface area contributed by atoms with Crippen molar-refractivity contribution in [2.24, 2.45) is 0 Å². The topological polar surface area (TPSA) is 49.4 Å². The molecule has 0 aliphatic carbocycles. The zero-order chi connectivity index (χ0) is 19.0. The number of carbonyl (C=O) groups excluding carboxylic acids is 2. The molecule has 3 aromatic carbocycles. The zero-order valence-electron chi connectivity index (χ0n) is 15.0.